The summed E-state index contributed by atoms with van der Waals surface area (Å²) in [6.07, 6.45) is 1.32. The minimum absolute atomic E-state index is 0.218. The third-order valence-corrected chi connectivity index (χ3v) is 2.54. The molecule has 1 heterocycles. The molecule has 0 radical (unpaired) electrons. The fourth-order valence-corrected chi connectivity index (χ4v) is 1.64. The number of rotatable bonds is 4. The quantitative estimate of drug-likeness (QED) is 0.897. The van der Waals surface area contributed by atoms with Gasteiger partial charge in [-0.25, -0.2) is 0 Å². The molecular formula is C15H12N4O2. The van der Waals surface area contributed by atoms with Crippen molar-refractivity contribution in [3.8, 4) is 6.07 Å². The maximum atomic E-state index is 11.9. The molecule has 21 heavy (non-hydrogen) atoms. The molecule has 1 aromatic heterocycles. The van der Waals surface area contributed by atoms with Crippen LogP contribution in [0, 0.1) is 11.3 Å². The molecule has 2 amide bonds. The van der Waals surface area contributed by atoms with Gasteiger partial charge in [0.05, 0.1) is 6.07 Å². The Morgan fingerprint density at radius 3 is 2.52 bits per heavy atom. The zero-order chi connectivity index (χ0) is 15.1. The first-order chi connectivity index (χ1) is 10.2. The van der Waals surface area contributed by atoms with E-state index >= 15 is 0 Å². The topological polar surface area (TPSA) is 94.9 Å². The summed E-state index contributed by atoms with van der Waals surface area (Å²) >= 11 is 0. The molecule has 6 heteroatoms. The number of carbonyl (C=O) groups excluding carboxylic acids is 2. The number of nitriles is 1. The lowest BCUT2D eigenvalue weighted by molar-refractivity contribution is -0.115. The first-order valence-electron chi connectivity index (χ1n) is 6.18. The van der Waals surface area contributed by atoms with Crippen LogP contribution in [0.15, 0.2) is 48.7 Å². The summed E-state index contributed by atoms with van der Waals surface area (Å²) < 4.78 is 0. The predicted octanol–water partition coefficient (Wildman–Crippen LogP) is 2.19. The maximum Gasteiger partial charge on any atom is 0.274 e. The van der Waals surface area contributed by atoms with E-state index < -0.39 is 5.91 Å². The molecule has 6 nitrogen and oxygen atoms in total. The predicted molar refractivity (Wildman–Crippen MR) is 77.5 cm³/mol. The molecule has 0 bridgehead atoms. The Kier molecular flexibility index (Phi) is 4.62. The molecule has 0 saturated heterocycles. The molecule has 1 aromatic carbocycles. The van der Waals surface area contributed by atoms with Crippen LogP contribution in [0.25, 0.3) is 0 Å². The Morgan fingerprint density at radius 1 is 1.10 bits per heavy atom. The van der Waals surface area contributed by atoms with Gasteiger partial charge in [-0.3, -0.25) is 14.6 Å². The van der Waals surface area contributed by atoms with Crippen LogP contribution in [-0.4, -0.2) is 16.8 Å². The summed E-state index contributed by atoms with van der Waals surface area (Å²) in [7, 11) is 0. The van der Waals surface area contributed by atoms with Crippen molar-refractivity contribution >= 4 is 23.2 Å². The maximum absolute atomic E-state index is 11.9. The van der Waals surface area contributed by atoms with E-state index in [2.05, 4.69) is 15.6 Å². The molecule has 0 aliphatic rings. The lowest BCUT2D eigenvalue weighted by Gasteiger charge is -2.07. The number of pyridine rings is 1. The van der Waals surface area contributed by atoms with Crippen LogP contribution in [0.2, 0.25) is 0 Å². The van der Waals surface area contributed by atoms with Crippen LogP contribution in [0.3, 0.4) is 0 Å². The average Bonchev–Trinajstić information content (AvgIpc) is 2.48. The minimum Gasteiger partial charge on any atom is -0.325 e. The molecule has 104 valence electrons. The number of carbonyl (C=O) groups is 2. The second-order valence-corrected chi connectivity index (χ2v) is 4.13. The highest BCUT2D eigenvalue weighted by molar-refractivity contribution is 6.03. The Bertz CT molecular complexity index is 692. The summed E-state index contributed by atoms with van der Waals surface area (Å²) in [4.78, 5) is 27.2. The standard InChI is InChI=1S/C15H12N4O2/c16-8-7-14(20)18-11-4-3-5-12(10-11)19-15(21)13-6-1-2-9-17-13/h1-6,9-10H,7H2,(H,18,20)(H,19,21). The molecule has 0 unspecified atom stereocenters. The van der Waals surface area contributed by atoms with Gasteiger partial charge < -0.3 is 10.6 Å². The Labute approximate surface area is 121 Å². The van der Waals surface area contributed by atoms with Crippen LogP contribution in [0.1, 0.15) is 16.9 Å². The van der Waals surface area contributed by atoms with E-state index in [0.29, 0.717) is 17.1 Å². The smallest absolute Gasteiger partial charge is 0.274 e. The fraction of sp³-hybridized carbons (Fsp3) is 0.0667. The van der Waals surface area contributed by atoms with Crippen molar-refractivity contribution in [1.29, 1.82) is 5.26 Å². The number of amides is 2. The summed E-state index contributed by atoms with van der Waals surface area (Å²) in [6.45, 7) is 0. The molecular weight excluding hydrogens is 268 g/mol. The summed E-state index contributed by atoms with van der Waals surface area (Å²) in [5.41, 5.74) is 1.34. The number of benzene rings is 1. The van der Waals surface area contributed by atoms with Gasteiger partial charge in [0.25, 0.3) is 5.91 Å². The zero-order valence-corrected chi connectivity index (χ0v) is 11.0. The molecule has 2 N–H and O–H groups in total. The van der Waals surface area contributed by atoms with Crippen molar-refractivity contribution < 1.29 is 9.59 Å². The SMILES string of the molecule is N#CCC(=O)Nc1cccc(NC(=O)c2ccccn2)c1. The van der Waals surface area contributed by atoms with Crippen molar-refractivity contribution in [1.82, 2.24) is 4.98 Å². The van der Waals surface area contributed by atoms with Crippen LogP contribution < -0.4 is 10.6 Å². The summed E-state index contributed by atoms with van der Waals surface area (Å²) in [5, 5.41) is 13.7. The number of hydrogen-bond acceptors (Lipinski definition) is 4. The van der Waals surface area contributed by atoms with Crippen LogP contribution in [-0.2, 0) is 4.79 Å². The molecule has 0 fully saturated rings. The number of nitrogens with zero attached hydrogens (tertiary/aromatic N) is 2. The van der Waals surface area contributed by atoms with Gasteiger partial charge >= 0.3 is 0 Å². The second kappa shape index (κ2) is 6.82. The van der Waals surface area contributed by atoms with E-state index in [4.69, 9.17) is 5.26 Å². The van der Waals surface area contributed by atoms with Gasteiger partial charge in [0.1, 0.15) is 12.1 Å². The van der Waals surface area contributed by atoms with Crippen LogP contribution >= 0.6 is 0 Å². The molecule has 0 atom stereocenters. The molecule has 2 aromatic rings. The van der Waals surface area contributed by atoms with Gasteiger partial charge in [0, 0.05) is 17.6 Å². The highest BCUT2D eigenvalue weighted by Gasteiger charge is 2.07. The van der Waals surface area contributed by atoms with Gasteiger partial charge in [-0.1, -0.05) is 12.1 Å². The van der Waals surface area contributed by atoms with E-state index in [1.165, 1.54) is 6.20 Å². The number of nitrogens with one attached hydrogen (secondary N) is 2. The van der Waals surface area contributed by atoms with E-state index in [0.717, 1.165) is 0 Å². The van der Waals surface area contributed by atoms with Crippen molar-refractivity contribution in [2.45, 2.75) is 6.42 Å². The van der Waals surface area contributed by atoms with Gasteiger partial charge in [-0.15, -0.1) is 0 Å². The first kappa shape index (κ1) is 14.2. The van der Waals surface area contributed by atoms with Crippen molar-refractivity contribution in [2.24, 2.45) is 0 Å². The number of hydrogen-bond donors (Lipinski definition) is 2. The Morgan fingerprint density at radius 2 is 1.86 bits per heavy atom. The van der Waals surface area contributed by atoms with E-state index in [9.17, 15) is 9.59 Å². The second-order valence-electron chi connectivity index (χ2n) is 4.13. The molecule has 0 aliphatic carbocycles. The number of aromatic nitrogens is 1. The third kappa shape index (κ3) is 4.14. The van der Waals surface area contributed by atoms with Crippen molar-refractivity contribution in [2.75, 3.05) is 10.6 Å². The van der Waals surface area contributed by atoms with Crippen molar-refractivity contribution in [3.63, 3.8) is 0 Å². The van der Waals surface area contributed by atoms with E-state index in [1.807, 2.05) is 0 Å². The lowest BCUT2D eigenvalue weighted by Crippen LogP contribution is -2.14. The van der Waals surface area contributed by atoms with Crippen LogP contribution in [0.5, 0.6) is 0 Å². The normalized spacial score (nSPS) is 9.48. The van der Waals surface area contributed by atoms with E-state index in [1.54, 1.807) is 48.5 Å². The lowest BCUT2D eigenvalue weighted by atomic mass is 10.2. The van der Waals surface area contributed by atoms with Gasteiger partial charge in [-0.05, 0) is 30.3 Å². The zero-order valence-electron chi connectivity index (χ0n) is 11.0. The van der Waals surface area contributed by atoms with Gasteiger partial charge in [-0.2, -0.15) is 5.26 Å². The third-order valence-electron chi connectivity index (χ3n) is 2.54. The highest BCUT2D eigenvalue weighted by Crippen LogP contribution is 2.16. The van der Waals surface area contributed by atoms with Gasteiger partial charge in [0.2, 0.25) is 5.91 Å². The summed E-state index contributed by atoms with van der Waals surface area (Å²) in [6, 6.07) is 13.5. The Balaban J connectivity index is 2.06. The largest absolute Gasteiger partial charge is 0.325 e. The molecule has 0 saturated carbocycles. The summed E-state index contributed by atoms with van der Waals surface area (Å²) in [5.74, 6) is -0.734. The average molecular weight is 280 g/mol. The molecule has 0 aliphatic heterocycles. The number of anilines is 2. The monoisotopic (exact) mass is 280 g/mol. The molecule has 2 rings (SSSR count). The van der Waals surface area contributed by atoms with Crippen molar-refractivity contribution in [3.05, 3.63) is 54.4 Å². The van der Waals surface area contributed by atoms with Crippen LogP contribution in [0.4, 0.5) is 11.4 Å². The Hall–Kier alpha value is -3.20. The van der Waals surface area contributed by atoms with Gasteiger partial charge in [0.15, 0.2) is 0 Å². The fourth-order valence-electron chi connectivity index (χ4n) is 1.64. The first-order valence-corrected chi connectivity index (χ1v) is 6.18. The highest BCUT2D eigenvalue weighted by atomic mass is 16.2. The molecule has 0 spiro atoms. The van der Waals surface area contributed by atoms with E-state index in [-0.39, 0.29) is 12.3 Å². The minimum atomic E-state index is -0.397.